The van der Waals surface area contributed by atoms with Crippen molar-refractivity contribution < 1.29 is 0 Å². The second-order valence-electron chi connectivity index (χ2n) is 6.44. The Kier molecular flexibility index (Phi) is 3.60. The number of rotatable bonds is 2. The van der Waals surface area contributed by atoms with E-state index in [-0.39, 0.29) is 0 Å². The van der Waals surface area contributed by atoms with Crippen molar-refractivity contribution in [2.45, 2.75) is 64.5 Å². The molecule has 1 aliphatic carbocycles. The van der Waals surface area contributed by atoms with Gasteiger partial charge in [-0.25, -0.2) is 0 Å². The van der Waals surface area contributed by atoms with Crippen LogP contribution in [0.3, 0.4) is 0 Å². The molecule has 0 aromatic rings. The Balaban J connectivity index is 2.05. The third-order valence-electron chi connectivity index (χ3n) is 5.13. The molecule has 16 heavy (non-hydrogen) atoms. The van der Waals surface area contributed by atoms with Crippen molar-refractivity contribution in [3.8, 4) is 0 Å². The maximum absolute atomic E-state index is 6.39. The number of fused-ring (bicyclic) bond motifs is 1. The van der Waals surface area contributed by atoms with Crippen molar-refractivity contribution in [3.63, 3.8) is 0 Å². The second kappa shape index (κ2) is 4.66. The number of nitrogens with two attached hydrogens (primary N) is 1. The van der Waals surface area contributed by atoms with Crippen LogP contribution in [0.25, 0.3) is 0 Å². The zero-order valence-corrected chi connectivity index (χ0v) is 11.2. The van der Waals surface area contributed by atoms with Crippen molar-refractivity contribution in [2.75, 3.05) is 13.1 Å². The average molecular weight is 224 g/mol. The molecule has 1 aliphatic heterocycles. The monoisotopic (exact) mass is 224 g/mol. The molecular weight excluding hydrogens is 196 g/mol. The van der Waals surface area contributed by atoms with Crippen LogP contribution in [-0.2, 0) is 0 Å². The number of nitrogens with zero attached hydrogens (tertiary/aromatic N) is 1. The highest BCUT2D eigenvalue weighted by Gasteiger charge is 2.40. The maximum Gasteiger partial charge on any atom is 0.0199 e. The van der Waals surface area contributed by atoms with E-state index in [1.54, 1.807) is 0 Å². The number of piperidine rings is 1. The van der Waals surface area contributed by atoms with E-state index < -0.39 is 0 Å². The fourth-order valence-corrected chi connectivity index (χ4v) is 3.49. The minimum absolute atomic E-state index is 0.333. The molecule has 2 heteroatoms. The molecule has 2 nitrogen and oxygen atoms in total. The molecule has 3 unspecified atom stereocenters. The van der Waals surface area contributed by atoms with Gasteiger partial charge in [0, 0.05) is 24.7 Å². The second-order valence-corrected chi connectivity index (χ2v) is 6.44. The van der Waals surface area contributed by atoms with Crippen LogP contribution in [-0.4, -0.2) is 29.6 Å². The van der Waals surface area contributed by atoms with Gasteiger partial charge in [0.1, 0.15) is 0 Å². The summed E-state index contributed by atoms with van der Waals surface area (Å²) in [7, 11) is 0. The number of hydrogen-bond donors (Lipinski definition) is 1. The normalized spacial score (nSPS) is 37.1. The van der Waals surface area contributed by atoms with E-state index in [4.69, 9.17) is 5.73 Å². The minimum Gasteiger partial charge on any atom is -0.326 e. The lowest BCUT2D eigenvalue weighted by atomic mass is 9.72. The lowest BCUT2D eigenvalue weighted by Gasteiger charge is -2.50. The predicted octanol–water partition coefficient (Wildman–Crippen LogP) is 2.62. The molecule has 1 saturated carbocycles. The van der Waals surface area contributed by atoms with Crippen LogP contribution >= 0.6 is 0 Å². The van der Waals surface area contributed by atoms with Gasteiger partial charge in [0.05, 0.1) is 0 Å². The third-order valence-corrected chi connectivity index (χ3v) is 5.13. The van der Waals surface area contributed by atoms with Crippen LogP contribution in [0.2, 0.25) is 0 Å². The molecule has 2 aliphatic rings. The van der Waals surface area contributed by atoms with Crippen molar-refractivity contribution >= 4 is 0 Å². The Bertz CT molecular complexity index is 237. The molecule has 1 heterocycles. The first-order chi connectivity index (χ1) is 7.54. The Morgan fingerprint density at radius 2 is 1.88 bits per heavy atom. The Morgan fingerprint density at radius 1 is 1.19 bits per heavy atom. The van der Waals surface area contributed by atoms with Gasteiger partial charge in [-0.3, -0.25) is 4.90 Å². The summed E-state index contributed by atoms with van der Waals surface area (Å²) in [5.74, 6) is 1.70. The summed E-state index contributed by atoms with van der Waals surface area (Å²) >= 11 is 0. The van der Waals surface area contributed by atoms with Gasteiger partial charge in [-0.15, -0.1) is 0 Å². The largest absolute Gasteiger partial charge is 0.326 e. The van der Waals surface area contributed by atoms with Crippen LogP contribution in [0.4, 0.5) is 0 Å². The summed E-state index contributed by atoms with van der Waals surface area (Å²) < 4.78 is 0. The lowest BCUT2D eigenvalue weighted by Crippen LogP contribution is -2.59. The van der Waals surface area contributed by atoms with E-state index >= 15 is 0 Å². The molecule has 0 spiro atoms. The molecule has 0 aromatic carbocycles. The van der Waals surface area contributed by atoms with E-state index in [1.807, 2.05) is 0 Å². The molecule has 1 saturated heterocycles. The summed E-state index contributed by atoms with van der Waals surface area (Å²) in [6.07, 6.45) is 6.85. The van der Waals surface area contributed by atoms with Crippen LogP contribution in [0.15, 0.2) is 0 Å². The Labute approximate surface area is 101 Å². The molecule has 94 valence electrons. The molecule has 2 rings (SSSR count). The summed E-state index contributed by atoms with van der Waals surface area (Å²) in [6, 6.07) is 0.421. The SMILES string of the molecule is CCC(C)(C)N1CC(N)C2CCCCC2C1. The summed E-state index contributed by atoms with van der Waals surface area (Å²) in [5, 5.41) is 0. The highest BCUT2D eigenvalue weighted by molar-refractivity contribution is 4.95. The Hall–Kier alpha value is -0.0800. The number of hydrogen-bond acceptors (Lipinski definition) is 2. The van der Waals surface area contributed by atoms with Crippen molar-refractivity contribution in [1.82, 2.24) is 4.90 Å². The summed E-state index contributed by atoms with van der Waals surface area (Å²) in [6.45, 7) is 9.42. The molecule has 0 amide bonds. The fraction of sp³-hybridized carbons (Fsp3) is 1.00. The van der Waals surface area contributed by atoms with Crippen LogP contribution in [0.1, 0.15) is 52.9 Å². The van der Waals surface area contributed by atoms with Gasteiger partial charge >= 0.3 is 0 Å². The Morgan fingerprint density at radius 3 is 2.56 bits per heavy atom. The van der Waals surface area contributed by atoms with Crippen molar-refractivity contribution in [1.29, 1.82) is 0 Å². The van der Waals surface area contributed by atoms with Gasteiger partial charge in [-0.05, 0) is 44.9 Å². The zero-order valence-electron chi connectivity index (χ0n) is 11.2. The maximum atomic E-state index is 6.39. The average Bonchev–Trinajstić information content (AvgIpc) is 2.29. The third kappa shape index (κ3) is 2.28. The van der Waals surface area contributed by atoms with Gasteiger partial charge < -0.3 is 5.73 Å². The van der Waals surface area contributed by atoms with Crippen LogP contribution < -0.4 is 5.73 Å². The first-order valence-electron chi connectivity index (χ1n) is 7.05. The fourth-order valence-electron chi connectivity index (χ4n) is 3.49. The quantitative estimate of drug-likeness (QED) is 0.781. The van der Waals surface area contributed by atoms with Gasteiger partial charge in [-0.2, -0.15) is 0 Å². The summed E-state index contributed by atoms with van der Waals surface area (Å²) in [5.41, 5.74) is 6.72. The molecular formula is C14H28N2. The first-order valence-corrected chi connectivity index (χ1v) is 7.05. The molecule has 3 atom stereocenters. The van der Waals surface area contributed by atoms with Crippen molar-refractivity contribution in [3.05, 3.63) is 0 Å². The first kappa shape index (κ1) is 12.4. The van der Waals surface area contributed by atoms with E-state index in [0.29, 0.717) is 11.6 Å². The van der Waals surface area contributed by atoms with E-state index in [1.165, 1.54) is 38.6 Å². The van der Waals surface area contributed by atoms with Crippen molar-refractivity contribution in [2.24, 2.45) is 17.6 Å². The van der Waals surface area contributed by atoms with Gasteiger partial charge in [0.25, 0.3) is 0 Å². The van der Waals surface area contributed by atoms with E-state index in [2.05, 4.69) is 25.7 Å². The van der Waals surface area contributed by atoms with Gasteiger partial charge in [-0.1, -0.05) is 19.8 Å². The molecule has 0 aromatic heterocycles. The molecule has 2 N–H and O–H groups in total. The van der Waals surface area contributed by atoms with E-state index in [0.717, 1.165) is 18.4 Å². The van der Waals surface area contributed by atoms with Gasteiger partial charge in [0.15, 0.2) is 0 Å². The molecule has 0 radical (unpaired) electrons. The van der Waals surface area contributed by atoms with E-state index in [9.17, 15) is 0 Å². The topological polar surface area (TPSA) is 29.3 Å². The van der Waals surface area contributed by atoms with Crippen LogP contribution in [0.5, 0.6) is 0 Å². The standard InChI is InChI=1S/C14H28N2/c1-4-14(2,3)16-9-11-7-5-6-8-12(11)13(15)10-16/h11-13H,4-10,15H2,1-3H3. The molecule has 2 fully saturated rings. The number of likely N-dealkylation sites (tertiary alicyclic amines) is 1. The minimum atomic E-state index is 0.333. The molecule has 0 bridgehead atoms. The summed E-state index contributed by atoms with van der Waals surface area (Å²) in [4.78, 5) is 2.64. The highest BCUT2D eigenvalue weighted by Crippen LogP contribution is 2.38. The highest BCUT2D eigenvalue weighted by atomic mass is 15.2. The van der Waals surface area contributed by atoms with Crippen LogP contribution in [0, 0.1) is 11.8 Å². The smallest absolute Gasteiger partial charge is 0.0199 e. The zero-order chi connectivity index (χ0) is 11.8. The van der Waals surface area contributed by atoms with Gasteiger partial charge in [0.2, 0.25) is 0 Å². The lowest BCUT2D eigenvalue weighted by molar-refractivity contribution is 0.00561. The predicted molar refractivity (Wildman–Crippen MR) is 69.4 cm³/mol.